The van der Waals surface area contributed by atoms with Gasteiger partial charge in [-0.15, -0.1) is 0 Å². The maximum absolute atomic E-state index is 12.6. The SMILES string of the molecule is COCCNS(=O)(=O)c1ccc(Br)c(C(=O)Nc2ccc3[nH]ncc3c2)c1. The molecule has 3 rings (SSSR count). The Balaban J connectivity index is 1.83. The molecule has 142 valence electrons. The van der Waals surface area contributed by atoms with Crippen molar-refractivity contribution in [1.29, 1.82) is 0 Å². The van der Waals surface area contributed by atoms with Gasteiger partial charge in [-0.25, -0.2) is 13.1 Å². The van der Waals surface area contributed by atoms with Crippen LogP contribution in [0.2, 0.25) is 0 Å². The number of ether oxygens (including phenoxy) is 1. The summed E-state index contributed by atoms with van der Waals surface area (Å²) in [6.07, 6.45) is 1.65. The Bertz CT molecular complexity index is 1080. The fourth-order valence-corrected chi connectivity index (χ4v) is 3.89. The van der Waals surface area contributed by atoms with Gasteiger partial charge < -0.3 is 10.1 Å². The molecule has 0 radical (unpaired) electrons. The number of amides is 1. The van der Waals surface area contributed by atoms with E-state index in [4.69, 9.17) is 4.74 Å². The van der Waals surface area contributed by atoms with Crippen LogP contribution >= 0.6 is 15.9 Å². The number of carbonyl (C=O) groups excluding carboxylic acids is 1. The number of sulfonamides is 1. The van der Waals surface area contributed by atoms with E-state index < -0.39 is 15.9 Å². The van der Waals surface area contributed by atoms with Crippen LogP contribution in [0.3, 0.4) is 0 Å². The smallest absolute Gasteiger partial charge is 0.256 e. The highest BCUT2D eigenvalue weighted by Crippen LogP contribution is 2.23. The van der Waals surface area contributed by atoms with Gasteiger partial charge in [-0.1, -0.05) is 0 Å². The third-order valence-electron chi connectivity index (χ3n) is 3.79. The van der Waals surface area contributed by atoms with E-state index in [0.717, 1.165) is 10.9 Å². The second-order valence-corrected chi connectivity index (χ2v) is 8.28. The number of fused-ring (bicyclic) bond motifs is 1. The molecule has 3 aromatic rings. The predicted octanol–water partition coefficient (Wildman–Crippen LogP) is 2.50. The van der Waals surface area contributed by atoms with Crippen LogP contribution in [0.15, 0.2) is 52.0 Å². The van der Waals surface area contributed by atoms with Crippen molar-refractivity contribution >= 4 is 48.5 Å². The average Bonchev–Trinajstić information content (AvgIpc) is 3.09. The van der Waals surface area contributed by atoms with Crippen molar-refractivity contribution in [2.75, 3.05) is 25.6 Å². The van der Waals surface area contributed by atoms with Crippen molar-refractivity contribution in [1.82, 2.24) is 14.9 Å². The third kappa shape index (κ3) is 4.53. The Morgan fingerprint density at radius 2 is 2.07 bits per heavy atom. The molecule has 0 fully saturated rings. The number of H-pyrrole nitrogens is 1. The van der Waals surface area contributed by atoms with Gasteiger partial charge in [0.2, 0.25) is 10.0 Å². The van der Waals surface area contributed by atoms with Gasteiger partial charge in [0, 0.05) is 29.2 Å². The van der Waals surface area contributed by atoms with E-state index in [1.165, 1.54) is 25.3 Å². The number of rotatable bonds is 7. The Hall–Kier alpha value is -2.27. The fraction of sp³-hybridized carbons (Fsp3) is 0.176. The van der Waals surface area contributed by atoms with Crippen molar-refractivity contribution < 1.29 is 17.9 Å². The summed E-state index contributed by atoms with van der Waals surface area (Å²) in [7, 11) is -2.26. The summed E-state index contributed by atoms with van der Waals surface area (Å²) in [5, 5.41) is 10.4. The first-order valence-corrected chi connectivity index (χ1v) is 10.2. The van der Waals surface area contributed by atoms with E-state index >= 15 is 0 Å². The Morgan fingerprint density at radius 1 is 1.26 bits per heavy atom. The first-order chi connectivity index (χ1) is 12.9. The number of benzene rings is 2. The summed E-state index contributed by atoms with van der Waals surface area (Å²) < 4.78 is 32.4. The van der Waals surface area contributed by atoms with Crippen molar-refractivity contribution in [3.05, 3.63) is 52.6 Å². The topological polar surface area (TPSA) is 113 Å². The maximum atomic E-state index is 12.6. The molecule has 3 N–H and O–H groups in total. The standard InChI is InChI=1S/C17H17BrN4O4S/c1-26-7-6-20-27(24,25)13-3-4-15(18)14(9-13)17(23)21-12-2-5-16-11(8-12)10-19-22-16/h2-5,8-10,20H,6-7H2,1H3,(H,19,22)(H,21,23). The summed E-state index contributed by atoms with van der Waals surface area (Å²) in [5.41, 5.74) is 1.63. The number of anilines is 1. The first-order valence-electron chi connectivity index (χ1n) is 7.93. The molecular weight excluding hydrogens is 436 g/mol. The zero-order chi connectivity index (χ0) is 19.4. The molecule has 8 nitrogen and oxygen atoms in total. The lowest BCUT2D eigenvalue weighted by atomic mass is 10.2. The number of nitrogens with zero attached hydrogens (tertiary/aromatic N) is 1. The van der Waals surface area contributed by atoms with Crippen LogP contribution in [0.1, 0.15) is 10.4 Å². The number of hydrogen-bond donors (Lipinski definition) is 3. The number of carbonyl (C=O) groups is 1. The molecule has 1 aromatic heterocycles. The largest absolute Gasteiger partial charge is 0.383 e. The Morgan fingerprint density at radius 3 is 2.85 bits per heavy atom. The number of aromatic amines is 1. The van der Waals surface area contributed by atoms with Gasteiger partial charge in [0.25, 0.3) is 5.91 Å². The van der Waals surface area contributed by atoms with Gasteiger partial charge in [0.15, 0.2) is 0 Å². The lowest BCUT2D eigenvalue weighted by Crippen LogP contribution is -2.27. The summed E-state index contributed by atoms with van der Waals surface area (Å²) in [6, 6.07) is 9.59. The van der Waals surface area contributed by atoms with E-state index in [1.807, 2.05) is 0 Å². The molecule has 1 heterocycles. The molecule has 0 aliphatic rings. The van der Waals surface area contributed by atoms with Crippen LogP contribution in [-0.2, 0) is 14.8 Å². The molecule has 0 aliphatic carbocycles. The van der Waals surface area contributed by atoms with Crippen LogP contribution < -0.4 is 10.0 Å². The maximum Gasteiger partial charge on any atom is 0.256 e. The van der Waals surface area contributed by atoms with Gasteiger partial charge in [0.05, 0.1) is 28.8 Å². The molecule has 0 aliphatic heterocycles. The zero-order valence-corrected chi connectivity index (χ0v) is 16.7. The normalized spacial score (nSPS) is 11.6. The first kappa shape index (κ1) is 19.5. The lowest BCUT2D eigenvalue weighted by Gasteiger charge is -2.10. The second kappa shape index (κ2) is 8.17. The molecule has 0 bridgehead atoms. The molecule has 0 saturated heterocycles. The number of nitrogens with one attached hydrogen (secondary N) is 3. The third-order valence-corrected chi connectivity index (χ3v) is 5.94. The van der Waals surface area contributed by atoms with E-state index in [2.05, 4.69) is 36.2 Å². The van der Waals surface area contributed by atoms with Crippen LogP contribution in [0.4, 0.5) is 5.69 Å². The highest BCUT2D eigenvalue weighted by molar-refractivity contribution is 9.10. The summed E-state index contributed by atoms with van der Waals surface area (Å²) in [6.45, 7) is 0.390. The molecule has 0 spiro atoms. The molecule has 10 heteroatoms. The highest BCUT2D eigenvalue weighted by Gasteiger charge is 2.18. The van der Waals surface area contributed by atoms with Gasteiger partial charge in [0.1, 0.15) is 0 Å². The van der Waals surface area contributed by atoms with E-state index in [9.17, 15) is 13.2 Å². The minimum absolute atomic E-state index is 0.00256. The quantitative estimate of drug-likeness (QED) is 0.476. The number of hydrogen-bond acceptors (Lipinski definition) is 5. The molecule has 0 atom stereocenters. The molecule has 0 unspecified atom stereocenters. The second-order valence-electron chi connectivity index (χ2n) is 5.66. The zero-order valence-electron chi connectivity index (χ0n) is 14.3. The number of aromatic nitrogens is 2. The fourth-order valence-electron chi connectivity index (χ4n) is 2.43. The van der Waals surface area contributed by atoms with Crippen LogP contribution in [-0.4, -0.2) is 44.8 Å². The summed E-state index contributed by atoms with van der Waals surface area (Å²) in [4.78, 5) is 12.6. The molecule has 1 amide bonds. The van der Waals surface area contributed by atoms with Crippen molar-refractivity contribution in [3.8, 4) is 0 Å². The van der Waals surface area contributed by atoms with Gasteiger partial charge >= 0.3 is 0 Å². The van der Waals surface area contributed by atoms with Crippen LogP contribution in [0, 0.1) is 0 Å². The van der Waals surface area contributed by atoms with Crippen molar-refractivity contribution in [3.63, 3.8) is 0 Å². The summed E-state index contributed by atoms with van der Waals surface area (Å²) >= 11 is 3.30. The van der Waals surface area contributed by atoms with Gasteiger partial charge in [-0.2, -0.15) is 5.10 Å². The molecule has 27 heavy (non-hydrogen) atoms. The van der Waals surface area contributed by atoms with Crippen LogP contribution in [0.5, 0.6) is 0 Å². The average molecular weight is 453 g/mol. The molecule has 0 saturated carbocycles. The van der Waals surface area contributed by atoms with E-state index in [-0.39, 0.29) is 23.6 Å². The molecular formula is C17H17BrN4O4S. The van der Waals surface area contributed by atoms with Crippen LogP contribution in [0.25, 0.3) is 10.9 Å². The minimum atomic E-state index is -3.74. The predicted molar refractivity (Wildman–Crippen MR) is 105 cm³/mol. The minimum Gasteiger partial charge on any atom is -0.383 e. The van der Waals surface area contributed by atoms with Gasteiger partial charge in [-0.3, -0.25) is 9.89 Å². The molecule has 2 aromatic carbocycles. The van der Waals surface area contributed by atoms with E-state index in [0.29, 0.717) is 10.2 Å². The summed E-state index contributed by atoms with van der Waals surface area (Å²) in [5.74, 6) is -0.432. The number of methoxy groups -OCH3 is 1. The van der Waals surface area contributed by atoms with Crippen molar-refractivity contribution in [2.45, 2.75) is 4.90 Å². The number of halogens is 1. The lowest BCUT2D eigenvalue weighted by molar-refractivity contribution is 0.102. The van der Waals surface area contributed by atoms with Gasteiger partial charge in [-0.05, 0) is 52.3 Å². The van der Waals surface area contributed by atoms with Crippen molar-refractivity contribution in [2.24, 2.45) is 0 Å². The van der Waals surface area contributed by atoms with E-state index in [1.54, 1.807) is 24.4 Å². The monoisotopic (exact) mass is 452 g/mol. The Labute approximate surface area is 164 Å². The Kier molecular flexibility index (Phi) is 5.90. The highest BCUT2D eigenvalue weighted by atomic mass is 79.9.